The first-order valence-corrected chi connectivity index (χ1v) is 8.57. The summed E-state index contributed by atoms with van der Waals surface area (Å²) in [5.41, 5.74) is 1.96. The summed E-state index contributed by atoms with van der Waals surface area (Å²) >= 11 is 0. The number of nitrogens with one attached hydrogen (secondary N) is 1. The van der Waals surface area contributed by atoms with Crippen molar-refractivity contribution in [3.63, 3.8) is 0 Å². The van der Waals surface area contributed by atoms with Gasteiger partial charge in [0.1, 0.15) is 18.5 Å². The third-order valence-electron chi connectivity index (χ3n) is 4.09. The van der Waals surface area contributed by atoms with Crippen LogP contribution in [0.2, 0.25) is 0 Å². The van der Waals surface area contributed by atoms with Crippen molar-refractivity contribution in [1.29, 1.82) is 0 Å². The van der Waals surface area contributed by atoms with Crippen LogP contribution >= 0.6 is 0 Å². The Bertz CT molecular complexity index is 556. The molecule has 0 radical (unpaired) electrons. The van der Waals surface area contributed by atoms with Crippen LogP contribution in [0.5, 0.6) is 5.75 Å². The zero-order chi connectivity index (χ0) is 17.2. The summed E-state index contributed by atoms with van der Waals surface area (Å²) in [4.78, 5) is 11.5. The number of carbonyl (C=O) groups is 1. The Hall–Kier alpha value is -1.85. The number of aliphatic hydroxyl groups is 1. The molecule has 2 rings (SSSR count). The van der Waals surface area contributed by atoms with Gasteiger partial charge in [-0.05, 0) is 56.8 Å². The minimum atomic E-state index is -0.591. The average molecular weight is 333 g/mol. The van der Waals surface area contributed by atoms with Crippen molar-refractivity contribution in [2.75, 3.05) is 26.8 Å². The molecular formula is C19H27NO4. The molecule has 1 aromatic carbocycles. The van der Waals surface area contributed by atoms with Crippen LogP contribution in [0.4, 0.5) is 0 Å². The maximum absolute atomic E-state index is 11.5. The second kappa shape index (κ2) is 10.1. The van der Waals surface area contributed by atoms with Gasteiger partial charge >= 0.3 is 5.97 Å². The molecule has 0 aromatic heterocycles. The maximum Gasteiger partial charge on any atom is 0.337 e. The van der Waals surface area contributed by atoms with Gasteiger partial charge in [0.15, 0.2) is 0 Å². The summed E-state index contributed by atoms with van der Waals surface area (Å²) < 4.78 is 10.2. The molecule has 0 heterocycles. The lowest BCUT2D eigenvalue weighted by molar-refractivity contribution is 0.0600. The van der Waals surface area contributed by atoms with Crippen LogP contribution in [0.3, 0.4) is 0 Å². The molecule has 132 valence electrons. The molecule has 1 aliphatic carbocycles. The van der Waals surface area contributed by atoms with E-state index in [2.05, 4.69) is 16.1 Å². The van der Waals surface area contributed by atoms with Gasteiger partial charge < -0.3 is 19.9 Å². The molecule has 1 aliphatic rings. The Labute approximate surface area is 143 Å². The smallest absolute Gasteiger partial charge is 0.337 e. The Morgan fingerprint density at radius 3 is 3.00 bits per heavy atom. The van der Waals surface area contributed by atoms with Gasteiger partial charge in [-0.2, -0.15) is 0 Å². The molecule has 0 fully saturated rings. The van der Waals surface area contributed by atoms with Gasteiger partial charge in [-0.15, -0.1) is 0 Å². The molecule has 5 heteroatoms. The molecule has 1 atom stereocenters. The second-order valence-corrected chi connectivity index (χ2v) is 6.05. The standard InChI is InChI=1S/C19H27NO4/c1-23-19(22)16-8-5-9-18(12-16)24-14-17(21)13-20-11-10-15-6-3-2-4-7-15/h5-6,8-9,12,17,20-21H,2-4,7,10-11,13-14H2,1H3/t17-/m1/s1. The van der Waals surface area contributed by atoms with Gasteiger partial charge in [0.05, 0.1) is 12.7 Å². The van der Waals surface area contributed by atoms with Gasteiger partial charge in [0.25, 0.3) is 0 Å². The molecule has 1 aromatic rings. The number of rotatable bonds is 9. The number of esters is 1. The van der Waals surface area contributed by atoms with E-state index in [1.165, 1.54) is 38.4 Å². The predicted molar refractivity (Wildman–Crippen MR) is 93.3 cm³/mol. The summed E-state index contributed by atoms with van der Waals surface area (Å²) in [7, 11) is 1.34. The van der Waals surface area contributed by atoms with E-state index in [1.54, 1.807) is 24.3 Å². The number of ether oxygens (including phenoxy) is 2. The van der Waals surface area contributed by atoms with Crippen LogP contribution in [0.25, 0.3) is 0 Å². The van der Waals surface area contributed by atoms with E-state index in [4.69, 9.17) is 4.74 Å². The van der Waals surface area contributed by atoms with Crippen LogP contribution in [-0.4, -0.2) is 44.0 Å². The van der Waals surface area contributed by atoms with E-state index in [0.717, 1.165) is 13.0 Å². The summed E-state index contributed by atoms with van der Waals surface area (Å²) in [6.45, 7) is 1.55. The van der Waals surface area contributed by atoms with E-state index in [0.29, 0.717) is 17.9 Å². The molecule has 0 spiro atoms. The van der Waals surface area contributed by atoms with Gasteiger partial charge in [-0.1, -0.05) is 17.7 Å². The lowest BCUT2D eigenvalue weighted by Gasteiger charge is -2.15. The largest absolute Gasteiger partial charge is 0.491 e. The number of allylic oxidation sites excluding steroid dienone is 1. The number of methoxy groups -OCH3 is 1. The fraction of sp³-hybridized carbons (Fsp3) is 0.526. The number of aliphatic hydroxyl groups excluding tert-OH is 1. The van der Waals surface area contributed by atoms with Crippen LogP contribution < -0.4 is 10.1 Å². The lowest BCUT2D eigenvalue weighted by atomic mass is 9.97. The summed E-state index contributed by atoms with van der Waals surface area (Å²) in [6, 6.07) is 6.75. The summed E-state index contributed by atoms with van der Waals surface area (Å²) in [6.07, 6.45) is 7.83. The fourth-order valence-electron chi connectivity index (χ4n) is 2.73. The number of hydrogen-bond donors (Lipinski definition) is 2. The first-order valence-electron chi connectivity index (χ1n) is 8.57. The van der Waals surface area contributed by atoms with Crippen molar-refractivity contribution in [1.82, 2.24) is 5.32 Å². The highest BCUT2D eigenvalue weighted by molar-refractivity contribution is 5.89. The van der Waals surface area contributed by atoms with E-state index in [9.17, 15) is 9.90 Å². The van der Waals surface area contributed by atoms with Crippen molar-refractivity contribution in [3.8, 4) is 5.75 Å². The fourth-order valence-corrected chi connectivity index (χ4v) is 2.73. The lowest BCUT2D eigenvalue weighted by Crippen LogP contribution is -2.32. The molecule has 0 amide bonds. The predicted octanol–water partition coefficient (Wildman–Crippen LogP) is 2.69. The normalized spacial score (nSPS) is 15.5. The van der Waals surface area contributed by atoms with Gasteiger partial charge in [-0.25, -0.2) is 4.79 Å². The number of carbonyl (C=O) groups excluding carboxylic acids is 1. The maximum atomic E-state index is 11.5. The van der Waals surface area contributed by atoms with E-state index >= 15 is 0 Å². The zero-order valence-corrected chi connectivity index (χ0v) is 14.3. The molecule has 0 saturated heterocycles. The number of benzene rings is 1. The van der Waals surface area contributed by atoms with Crippen molar-refractivity contribution in [2.45, 2.75) is 38.2 Å². The molecule has 5 nitrogen and oxygen atoms in total. The molecule has 2 N–H and O–H groups in total. The van der Waals surface area contributed by atoms with Crippen molar-refractivity contribution in [2.24, 2.45) is 0 Å². The molecule has 0 bridgehead atoms. The van der Waals surface area contributed by atoms with Gasteiger partial charge in [0.2, 0.25) is 0 Å². The Kier molecular flexibility index (Phi) is 7.79. The molecular weight excluding hydrogens is 306 g/mol. The van der Waals surface area contributed by atoms with Crippen molar-refractivity contribution in [3.05, 3.63) is 41.5 Å². The van der Waals surface area contributed by atoms with E-state index in [-0.39, 0.29) is 6.61 Å². The Morgan fingerprint density at radius 2 is 2.25 bits per heavy atom. The zero-order valence-electron chi connectivity index (χ0n) is 14.3. The highest BCUT2D eigenvalue weighted by Crippen LogP contribution is 2.19. The quantitative estimate of drug-likeness (QED) is 0.413. The molecule has 0 aliphatic heterocycles. The first kappa shape index (κ1) is 18.5. The highest BCUT2D eigenvalue weighted by atomic mass is 16.5. The third-order valence-corrected chi connectivity index (χ3v) is 4.09. The van der Waals surface area contributed by atoms with E-state index < -0.39 is 12.1 Å². The van der Waals surface area contributed by atoms with Crippen LogP contribution in [0.15, 0.2) is 35.9 Å². The highest BCUT2D eigenvalue weighted by Gasteiger charge is 2.09. The Balaban J connectivity index is 1.64. The summed E-state index contributed by atoms with van der Waals surface area (Å²) in [5.74, 6) is 0.143. The second-order valence-electron chi connectivity index (χ2n) is 6.05. The van der Waals surface area contributed by atoms with Crippen LogP contribution in [0, 0.1) is 0 Å². The molecule has 24 heavy (non-hydrogen) atoms. The topological polar surface area (TPSA) is 67.8 Å². The minimum absolute atomic E-state index is 0.181. The summed E-state index contributed by atoms with van der Waals surface area (Å²) in [5, 5.41) is 13.2. The monoisotopic (exact) mass is 333 g/mol. The number of hydrogen-bond acceptors (Lipinski definition) is 5. The minimum Gasteiger partial charge on any atom is -0.491 e. The van der Waals surface area contributed by atoms with Crippen LogP contribution in [0.1, 0.15) is 42.5 Å². The molecule has 0 unspecified atom stereocenters. The van der Waals surface area contributed by atoms with Gasteiger partial charge in [-0.3, -0.25) is 0 Å². The average Bonchev–Trinajstić information content (AvgIpc) is 2.64. The Morgan fingerprint density at radius 1 is 1.38 bits per heavy atom. The van der Waals surface area contributed by atoms with Crippen LogP contribution in [-0.2, 0) is 4.74 Å². The van der Waals surface area contributed by atoms with Gasteiger partial charge in [0, 0.05) is 6.54 Å². The first-order chi connectivity index (χ1) is 11.7. The third kappa shape index (κ3) is 6.34. The van der Waals surface area contributed by atoms with Crippen molar-refractivity contribution < 1.29 is 19.4 Å². The SMILES string of the molecule is COC(=O)c1cccc(OC[C@H](O)CNCCC2=CCCCC2)c1. The molecule has 0 saturated carbocycles. The van der Waals surface area contributed by atoms with Crippen molar-refractivity contribution >= 4 is 5.97 Å². The van der Waals surface area contributed by atoms with E-state index in [1.807, 2.05) is 0 Å².